The lowest BCUT2D eigenvalue weighted by Gasteiger charge is -2.14. The van der Waals surface area contributed by atoms with Crippen LogP contribution in [0.3, 0.4) is 0 Å². The second-order valence-electron chi connectivity index (χ2n) is 6.88. The van der Waals surface area contributed by atoms with Gasteiger partial charge in [-0.2, -0.15) is 0 Å². The third-order valence-corrected chi connectivity index (χ3v) is 7.84. The van der Waals surface area contributed by atoms with Crippen LogP contribution in [0, 0.1) is 0 Å². The number of carbonyl (C=O) groups excluding carboxylic acids is 2. The number of aromatic nitrogens is 2. The first-order valence-electron chi connectivity index (χ1n) is 9.57. The molecule has 0 aliphatic carbocycles. The van der Waals surface area contributed by atoms with E-state index < -0.39 is 6.03 Å². The first-order chi connectivity index (χ1) is 15.9. The van der Waals surface area contributed by atoms with Gasteiger partial charge in [-0.05, 0) is 29.1 Å². The van der Waals surface area contributed by atoms with Crippen molar-refractivity contribution in [1.82, 2.24) is 20.2 Å². The number of thiazole rings is 2. The molecule has 0 fully saturated rings. The first kappa shape index (κ1) is 23.7. The molecule has 4 aromatic rings. The van der Waals surface area contributed by atoms with Crippen molar-refractivity contribution in [2.45, 2.75) is 13.1 Å². The van der Waals surface area contributed by atoms with Crippen molar-refractivity contribution in [2.75, 3.05) is 12.4 Å². The van der Waals surface area contributed by atoms with Crippen molar-refractivity contribution in [3.8, 4) is 9.88 Å². The van der Waals surface area contributed by atoms with E-state index in [0.717, 1.165) is 15.4 Å². The largest absolute Gasteiger partial charge is 0.334 e. The number of nitrogens with one attached hydrogen (secondary N) is 2. The summed E-state index contributed by atoms with van der Waals surface area (Å²) < 4.78 is 0. The van der Waals surface area contributed by atoms with Gasteiger partial charge in [0.15, 0.2) is 5.13 Å². The summed E-state index contributed by atoms with van der Waals surface area (Å²) in [6.07, 6.45) is 0. The van der Waals surface area contributed by atoms with E-state index in [-0.39, 0.29) is 5.91 Å². The first-order valence-corrected chi connectivity index (χ1v) is 13.0. The number of benzene rings is 1. The van der Waals surface area contributed by atoms with Crippen LogP contribution in [0.15, 0.2) is 46.5 Å². The summed E-state index contributed by atoms with van der Waals surface area (Å²) in [4.78, 5) is 36.3. The Hall–Kier alpha value is -2.50. The summed E-state index contributed by atoms with van der Waals surface area (Å²) in [5, 5.41) is 13.1. The summed E-state index contributed by atoms with van der Waals surface area (Å²) in [5.74, 6) is -0.184. The second kappa shape index (κ2) is 10.6. The molecule has 12 heteroatoms. The van der Waals surface area contributed by atoms with Crippen molar-refractivity contribution >= 4 is 74.3 Å². The number of anilines is 1. The highest BCUT2D eigenvalue weighted by molar-refractivity contribution is 7.20. The molecule has 0 saturated heterocycles. The number of urea groups is 1. The molecule has 0 saturated carbocycles. The zero-order valence-electron chi connectivity index (χ0n) is 17.2. The maximum Gasteiger partial charge on any atom is 0.321 e. The summed E-state index contributed by atoms with van der Waals surface area (Å²) in [6.45, 7) is 0.590. The molecular formula is C21H17Cl2N5O2S3. The van der Waals surface area contributed by atoms with Gasteiger partial charge in [-0.25, -0.2) is 14.8 Å². The molecule has 0 unspecified atom stereocenters. The number of halogens is 2. The zero-order chi connectivity index (χ0) is 23.4. The summed E-state index contributed by atoms with van der Waals surface area (Å²) in [7, 11) is 1.70. The Kier molecular flexibility index (Phi) is 7.61. The molecule has 0 aliphatic heterocycles. The number of thiophene rings is 1. The Morgan fingerprint density at radius 3 is 2.67 bits per heavy atom. The van der Waals surface area contributed by atoms with Crippen molar-refractivity contribution in [2.24, 2.45) is 0 Å². The molecular weight excluding hydrogens is 521 g/mol. The minimum absolute atomic E-state index is 0.184. The standard InChI is InChI=1S/C21H17Cl2N5O2S3/c1-28(19(29)16-11-32-18(26-16)17-3-2-6-31-17)9-13-10-33-21(25-13)27-20(30)24-8-12-4-5-14(22)15(23)7-12/h2-7,10-11H,8-9H2,1H3,(H2,24,25,27,30). The Balaban J connectivity index is 1.29. The third-order valence-electron chi connectivity index (χ3n) is 4.41. The fourth-order valence-corrected chi connectivity index (χ4v) is 5.43. The molecule has 4 rings (SSSR count). The van der Waals surface area contributed by atoms with Gasteiger partial charge >= 0.3 is 6.03 Å². The SMILES string of the molecule is CN(Cc1csc(NC(=O)NCc2ccc(Cl)c(Cl)c2)n1)C(=O)c1csc(-c2cccs2)n1. The Morgan fingerprint density at radius 1 is 1.06 bits per heavy atom. The quantitative estimate of drug-likeness (QED) is 0.292. The van der Waals surface area contributed by atoms with Gasteiger partial charge in [-0.3, -0.25) is 10.1 Å². The molecule has 7 nitrogen and oxygen atoms in total. The molecule has 0 bridgehead atoms. The van der Waals surface area contributed by atoms with Crippen molar-refractivity contribution in [3.05, 3.63) is 73.5 Å². The normalized spacial score (nSPS) is 10.8. The predicted octanol–water partition coefficient (Wildman–Crippen LogP) is 6.23. The average molecular weight is 539 g/mol. The maximum atomic E-state index is 12.7. The lowest BCUT2D eigenvalue weighted by atomic mass is 10.2. The summed E-state index contributed by atoms with van der Waals surface area (Å²) >= 11 is 16.2. The number of rotatable bonds is 7. The van der Waals surface area contributed by atoms with Crippen LogP contribution in [0.4, 0.5) is 9.93 Å². The highest BCUT2D eigenvalue weighted by Gasteiger charge is 2.18. The minimum Gasteiger partial charge on any atom is -0.334 e. The number of nitrogens with zero attached hydrogens (tertiary/aromatic N) is 3. The van der Waals surface area contributed by atoms with E-state index >= 15 is 0 Å². The number of hydrogen-bond acceptors (Lipinski definition) is 7. The number of amides is 3. The van der Waals surface area contributed by atoms with E-state index in [0.29, 0.717) is 39.7 Å². The lowest BCUT2D eigenvalue weighted by molar-refractivity contribution is 0.0778. The molecule has 0 atom stereocenters. The van der Waals surface area contributed by atoms with Crippen LogP contribution in [0.25, 0.3) is 9.88 Å². The molecule has 0 aliphatic rings. The van der Waals surface area contributed by atoms with Gasteiger partial charge in [0.25, 0.3) is 5.91 Å². The monoisotopic (exact) mass is 537 g/mol. The third kappa shape index (κ3) is 6.10. The lowest BCUT2D eigenvalue weighted by Crippen LogP contribution is -2.28. The smallest absolute Gasteiger partial charge is 0.321 e. The van der Waals surface area contributed by atoms with E-state index in [2.05, 4.69) is 20.6 Å². The van der Waals surface area contributed by atoms with Crippen LogP contribution in [-0.2, 0) is 13.1 Å². The number of hydrogen-bond donors (Lipinski definition) is 2. The van der Waals surface area contributed by atoms with E-state index in [1.807, 2.05) is 17.5 Å². The van der Waals surface area contributed by atoms with Crippen LogP contribution < -0.4 is 10.6 Å². The molecule has 3 amide bonds. The summed E-state index contributed by atoms with van der Waals surface area (Å²) in [5.41, 5.74) is 1.90. The second-order valence-corrected chi connectivity index (χ2v) is 10.4. The molecule has 0 spiro atoms. The highest BCUT2D eigenvalue weighted by atomic mass is 35.5. The molecule has 33 heavy (non-hydrogen) atoms. The van der Waals surface area contributed by atoms with Crippen LogP contribution in [0.5, 0.6) is 0 Å². The molecule has 3 aromatic heterocycles. The van der Waals surface area contributed by atoms with Gasteiger partial charge in [-0.1, -0.05) is 35.3 Å². The Labute approximate surface area is 212 Å². The fraction of sp³-hybridized carbons (Fsp3) is 0.143. The average Bonchev–Trinajstić information content (AvgIpc) is 3.56. The molecule has 1 aromatic carbocycles. The van der Waals surface area contributed by atoms with Crippen LogP contribution in [0.1, 0.15) is 21.7 Å². The van der Waals surface area contributed by atoms with E-state index in [1.165, 1.54) is 22.7 Å². The minimum atomic E-state index is -0.394. The van der Waals surface area contributed by atoms with Crippen molar-refractivity contribution in [1.29, 1.82) is 0 Å². The zero-order valence-corrected chi connectivity index (χ0v) is 21.1. The van der Waals surface area contributed by atoms with E-state index in [9.17, 15) is 9.59 Å². The molecule has 3 heterocycles. The fourth-order valence-electron chi connectivity index (χ4n) is 2.81. The topological polar surface area (TPSA) is 87.2 Å². The van der Waals surface area contributed by atoms with Crippen LogP contribution in [0.2, 0.25) is 10.0 Å². The highest BCUT2D eigenvalue weighted by Crippen LogP contribution is 2.28. The van der Waals surface area contributed by atoms with Crippen molar-refractivity contribution < 1.29 is 9.59 Å². The van der Waals surface area contributed by atoms with Gasteiger partial charge in [0.1, 0.15) is 10.7 Å². The van der Waals surface area contributed by atoms with E-state index in [4.69, 9.17) is 23.2 Å². The van der Waals surface area contributed by atoms with E-state index in [1.54, 1.807) is 52.2 Å². The number of carbonyl (C=O) groups is 2. The van der Waals surface area contributed by atoms with Gasteiger partial charge in [0.2, 0.25) is 0 Å². The maximum absolute atomic E-state index is 12.7. The molecule has 2 N–H and O–H groups in total. The Bertz CT molecular complexity index is 1270. The van der Waals surface area contributed by atoms with Crippen molar-refractivity contribution in [3.63, 3.8) is 0 Å². The van der Waals surface area contributed by atoms with Gasteiger partial charge in [-0.15, -0.1) is 34.0 Å². The van der Waals surface area contributed by atoms with Gasteiger partial charge in [0.05, 0.1) is 27.2 Å². The molecule has 170 valence electrons. The van der Waals surface area contributed by atoms with Gasteiger partial charge < -0.3 is 10.2 Å². The van der Waals surface area contributed by atoms with Gasteiger partial charge in [0, 0.05) is 24.4 Å². The predicted molar refractivity (Wildman–Crippen MR) is 136 cm³/mol. The van der Waals surface area contributed by atoms with Crippen LogP contribution in [-0.4, -0.2) is 33.9 Å². The van der Waals surface area contributed by atoms with Crippen LogP contribution >= 0.6 is 57.2 Å². The summed E-state index contributed by atoms with van der Waals surface area (Å²) in [6, 6.07) is 8.70. The Morgan fingerprint density at radius 2 is 1.91 bits per heavy atom. The molecule has 0 radical (unpaired) electrons.